The van der Waals surface area contributed by atoms with Crippen LogP contribution in [0.25, 0.3) is 22.2 Å². The third-order valence-electron chi connectivity index (χ3n) is 5.95. The molecule has 2 heterocycles. The number of aromatic nitrogens is 1. The molecule has 0 unspecified atom stereocenters. The molecule has 0 aliphatic heterocycles. The summed E-state index contributed by atoms with van der Waals surface area (Å²) in [4.78, 5) is 13.7. The minimum absolute atomic E-state index is 0.256. The van der Waals surface area contributed by atoms with Gasteiger partial charge in [-0.05, 0) is 54.8 Å². The van der Waals surface area contributed by atoms with Crippen molar-refractivity contribution in [3.8, 4) is 11.3 Å². The smallest absolute Gasteiger partial charge is 0.345 e. The van der Waals surface area contributed by atoms with E-state index in [1.54, 1.807) is 24.4 Å². The van der Waals surface area contributed by atoms with E-state index in [1.165, 1.54) is 17.8 Å². The van der Waals surface area contributed by atoms with Crippen LogP contribution in [0.5, 0.6) is 0 Å². The van der Waals surface area contributed by atoms with Crippen molar-refractivity contribution in [3.63, 3.8) is 0 Å². The summed E-state index contributed by atoms with van der Waals surface area (Å²) >= 11 is 17.1. The van der Waals surface area contributed by atoms with Crippen LogP contribution in [0, 0.1) is 0 Å². The van der Waals surface area contributed by atoms with Crippen molar-refractivity contribution in [1.29, 1.82) is 0 Å². The van der Waals surface area contributed by atoms with Crippen molar-refractivity contribution in [2.75, 3.05) is 0 Å². The number of fused-ring (bicyclic) bond motifs is 1. The molecule has 5 rings (SSSR count). The molecular formula is C25H20BrCl2N3O2S. The highest BCUT2D eigenvalue weighted by atomic mass is 79.9. The van der Waals surface area contributed by atoms with E-state index in [0.717, 1.165) is 51.6 Å². The SMILES string of the molecule is O=c1oc2ccc(Br)cc2cc1-c1cs/c(=N\N=C\c2ccc(Cl)c(Cl)c2)n1C1CCCCC1. The van der Waals surface area contributed by atoms with Gasteiger partial charge in [0.05, 0.1) is 27.5 Å². The van der Waals surface area contributed by atoms with Crippen LogP contribution in [0.2, 0.25) is 10.0 Å². The van der Waals surface area contributed by atoms with Gasteiger partial charge in [-0.25, -0.2) is 4.79 Å². The molecule has 0 saturated heterocycles. The van der Waals surface area contributed by atoms with E-state index in [1.807, 2.05) is 29.6 Å². The lowest BCUT2D eigenvalue weighted by Crippen LogP contribution is -2.24. The van der Waals surface area contributed by atoms with E-state index in [2.05, 4.69) is 30.7 Å². The van der Waals surface area contributed by atoms with Gasteiger partial charge in [0, 0.05) is 21.3 Å². The third-order valence-corrected chi connectivity index (χ3v) is 8.01. The summed E-state index contributed by atoms with van der Waals surface area (Å²) in [6.45, 7) is 0. The first-order valence-corrected chi connectivity index (χ1v) is 13.4. The molecule has 9 heteroatoms. The zero-order valence-electron chi connectivity index (χ0n) is 18.0. The lowest BCUT2D eigenvalue weighted by molar-refractivity contribution is 0.350. The van der Waals surface area contributed by atoms with Crippen molar-refractivity contribution in [2.45, 2.75) is 38.1 Å². The summed E-state index contributed by atoms with van der Waals surface area (Å²) in [6, 6.07) is 13.1. The topological polar surface area (TPSA) is 59.9 Å². The van der Waals surface area contributed by atoms with Gasteiger partial charge in [0.1, 0.15) is 5.58 Å². The van der Waals surface area contributed by atoms with Crippen LogP contribution in [-0.4, -0.2) is 10.8 Å². The summed E-state index contributed by atoms with van der Waals surface area (Å²) in [7, 11) is 0. The van der Waals surface area contributed by atoms with Crippen LogP contribution in [0.15, 0.2) is 71.7 Å². The van der Waals surface area contributed by atoms with Crippen LogP contribution in [-0.2, 0) is 0 Å². The molecule has 1 aliphatic carbocycles. The molecule has 1 fully saturated rings. The first-order valence-electron chi connectivity index (χ1n) is 11.0. The summed E-state index contributed by atoms with van der Waals surface area (Å²) < 4.78 is 8.73. The predicted molar refractivity (Wildman–Crippen MR) is 143 cm³/mol. The van der Waals surface area contributed by atoms with Gasteiger partial charge in [-0.15, -0.1) is 16.4 Å². The number of hydrogen-bond acceptors (Lipinski definition) is 5. The number of benzene rings is 2. The molecule has 4 aromatic rings. The second kappa shape index (κ2) is 10.2. The summed E-state index contributed by atoms with van der Waals surface area (Å²) in [6.07, 6.45) is 7.26. The van der Waals surface area contributed by atoms with Gasteiger partial charge in [0.25, 0.3) is 0 Å². The molecule has 174 valence electrons. The van der Waals surface area contributed by atoms with E-state index in [4.69, 9.17) is 27.6 Å². The molecule has 1 saturated carbocycles. The van der Waals surface area contributed by atoms with Crippen LogP contribution in [0.1, 0.15) is 43.7 Å². The average Bonchev–Trinajstić information content (AvgIpc) is 3.25. The maximum Gasteiger partial charge on any atom is 0.345 e. The zero-order valence-corrected chi connectivity index (χ0v) is 21.9. The largest absolute Gasteiger partial charge is 0.422 e. The van der Waals surface area contributed by atoms with Gasteiger partial charge < -0.3 is 8.98 Å². The Bertz CT molecular complexity index is 1520. The molecule has 0 radical (unpaired) electrons. The van der Waals surface area contributed by atoms with Gasteiger partial charge in [0.2, 0.25) is 4.80 Å². The molecule has 0 amide bonds. The number of halogens is 3. The molecule has 0 atom stereocenters. The Morgan fingerprint density at radius 2 is 1.88 bits per heavy atom. The number of rotatable bonds is 4. The quantitative estimate of drug-likeness (QED) is 0.141. The highest BCUT2D eigenvalue weighted by molar-refractivity contribution is 9.10. The van der Waals surface area contributed by atoms with E-state index in [9.17, 15) is 4.79 Å². The second-order valence-corrected chi connectivity index (χ2v) is 10.8. The molecule has 34 heavy (non-hydrogen) atoms. The maximum atomic E-state index is 13.0. The molecule has 2 aromatic heterocycles. The fourth-order valence-electron chi connectivity index (χ4n) is 4.29. The van der Waals surface area contributed by atoms with E-state index in [-0.39, 0.29) is 11.7 Å². The number of nitrogens with zero attached hydrogens (tertiary/aromatic N) is 3. The first-order chi connectivity index (χ1) is 16.5. The fraction of sp³-hybridized carbons (Fsp3) is 0.240. The zero-order chi connectivity index (χ0) is 23.7. The highest BCUT2D eigenvalue weighted by Gasteiger charge is 2.22. The van der Waals surface area contributed by atoms with Crippen molar-refractivity contribution >= 4 is 67.7 Å². The lowest BCUT2D eigenvalue weighted by Gasteiger charge is -2.25. The highest BCUT2D eigenvalue weighted by Crippen LogP contribution is 2.32. The van der Waals surface area contributed by atoms with Gasteiger partial charge in [-0.1, -0.05) is 64.5 Å². The fourth-order valence-corrected chi connectivity index (χ4v) is 5.89. The van der Waals surface area contributed by atoms with Crippen molar-refractivity contribution < 1.29 is 4.42 Å². The van der Waals surface area contributed by atoms with Crippen LogP contribution < -0.4 is 10.4 Å². The van der Waals surface area contributed by atoms with E-state index >= 15 is 0 Å². The average molecular weight is 577 g/mol. The van der Waals surface area contributed by atoms with Gasteiger partial charge >= 0.3 is 5.63 Å². The molecule has 0 N–H and O–H groups in total. The van der Waals surface area contributed by atoms with Crippen LogP contribution >= 0.6 is 50.5 Å². The molecular weight excluding hydrogens is 557 g/mol. The minimum Gasteiger partial charge on any atom is -0.422 e. The first kappa shape index (κ1) is 23.5. The Kier molecular flexibility index (Phi) is 7.06. The van der Waals surface area contributed by atoms with Crippen molar-refractivity contribution in [3.05, 3.63) is 83.1 Å². The van der Waals surface area contributed by atoms with Gasteiger partial charge in [0.15, 0.2) is 0 Å². The van der Waals surface area contributed by atoms with Crippen molar-refractivity contribution in [1.82, 2.24) is 4.57 Å². The van der Waals surface area contributed by atoms with Gasteiger partial charge in [-0.3, -0.25) is 0 Å². The molecule has 0 bridgehead atoms. The standard InChI is InChI=1S/C25H20BrCl2N3O2S/c26-17-7-9-23-16(11-17)12-19(24(32)33-23)22-14-34-25(31(22)18-4-2-1-3-5-18)30-29-13-15-6-8-20(27)21(28)10-15/h6-14,18H,1-5H2/b29-13+,30-25-. The minimum atomic E-state index is -0.358. The number of hydrogen-bond donors (Lipinski definition) is 0. The molecule has 0 spiro atoms. The lowest BCUT2D eigenvalue weighted by atomic mass is 9.95. The van der Waals surface area contributed by atoms with E-state index in [0.29, 0.717) is 21.2 Å². The molecule has 2 aromatic carbocycles. The third kappa shape index (κ3) is 4.93. The summed E-state index contributed by atoms with van der Waals surface area (Å²) in [5, 5.41) is 12.6. The number of thiazole rings is 1. The summed E-state index contributed by atoms with van der Waals surface area (Å²) in [5.41, 5.74) is 2.36. The Morgan fingerprint density at radius 1 is 1.06 bits per heavy atom. The Hall–Kier alpha value is -2.19. The summed E-state index contributed by atoms with van der Waals surface area (Å²) in [5.74, 6) is 0. The normalized spacial score (nSPS) is 15.6. The van der Waals surface area contributed by atoms with Crippen LogP contribution in [0.4, 0.5) is 0 Å². The second-order valence-electron chi connectivity index (χ2n) is 8.21. The Labute approximate surface area is 218 Å². The van der Waals surface area contributed by atoms with E-state index < -0.39 is 0 Å². The van der Waals surface area contributed by atoms with Crippen LogP contribution in [0.3, 0.4) is 0 Å². The monoisotopic (exact) mass is 575 g/mol. The predicted octanol–water partition coefficient (Wildman–Crippen LogP) is 7.83. The molecule has 5 nitrogen and oxygen atoms in total. The van der Waals surface area contributed by atoms with Gasteiger partial charge in [-0.2, -0.15) is 5.10 Å². The maximum absolute atomic E-state index is 13.0. The Balaban J connectivity index is 1.61. The van der Waals surface area contributed by atoms with Crippen molar-refractivity contribution in [2.24, 2.45) is 10.2 Å². The Morgan fingerprint density at radius 3 is 2.68 bits per heavy atom. The molecule has 1 aliphatic rings.